The van der Waals surface area contributed by atoms with Crippen molar-refractivity contribution in [3.05, 3.63) is 23.7 Å². The van der Waals surface area contributed by atoms with Gasteiger partial charge in [0.05, 0.1) is 12.1 Å². The molecule has 1 aliphatic rings. The Kier molecular flexibility index (Phi) is 5.02. The molecule has 0 spiro atoms. The number of hydrogen-bond acceptors (Lipinski definition) is 3. The Balaban J connectivity index is 0.00000144. The van der Waals surface area contributed by atoms with Crippen LogP contribution in [0.5, 0.6) is 0 Å². The molecule has 1 aromatic rings. The van der Waals surface area contributed by atoms with Crippen LogP contribution in [0.1, 0.15) is 35.4 Å². The third-order valence-corrected chi connectivity index (χ3v) is 3.21. The lowest BCUT2D eigenvalue weighted by atomic mass is 9.85. The van der Waals surface area contributed by atoms with Gasteiger partial charge in [-0.25, -0.2) is 0 Å². The van der Waals surface area contributed by atoms with Crippen LogP contribution in [-0.2, 0) is 6.54 Å². The summed E-state index contributed by atoms with van der Waals surface area (Å²) < 4.78 is 5.16. The zero-order chi connectivity index (χ0) is 11.5. The summed E-state index contributed by atoms with van der Waals surface area (Å²) in [5.74, 6) is 1.37. The van der Waals surface area contributed by atoms with E-state index in [1.54, 1.807) is 11.0 Å². The molecule has 4 nitrogen and oxygen atoms in total. The number of carbonyl (C=O) groups excluding carboxylic acids is 1. The molecular formula is C12H19ClN2O2. The molecule has 2 rings (SSSR count). The van der Waals surface area contributed by atoms with Crippen LogP contribution in [0.25, 0.3) is 0 Å². The molecule has 1 aliphatic carbocycles. The van der Waals surface area contributed by atoms with E-state index >= 15 is 0 Å². The number of rotatable bonds is 4. The van der Waals surface area contributed by atoms with Gasteiger partial charge in [0.25, 0.3) is 5.91 Å². The molecular weight excluding hydrogens is 240 g/mol. The highest BCUT2D eigenvalue weighted by atomic mass is 35.5. The fraction of sp³-hybridized carbons (Fsp3) is 0.583. The number of carbonyl (C=O) groups is 1. The van der Waals surface area contributed by atoms with Crippen molar-refractivity contribution in [2.45, 2.75) is 25.8 Å². The van der Waals surface area contributed by atoms with Gasteiger partial charge in [-0.2, -0.15) is 0 Å². The third kappa shape index (κ3) is 3.23. The highest BCUT2D eigenvalue weighted by molar-refractivity contribution is 5.93. The summed E-state index contributed by atoms with van der Waals surface area (Å²) in [4.78, 5) is 13.7. The van der Waals surface area contributed by atoms with Gasteiger partial charge < -0.3 is 15.1 Å². The Labute approximate surface area is 108 Å². The van der Waals surface area contributed by atoms with Crippen LogP contribution in [0.3, 0.4) is 0 Å². The second kappa shape index (κ2) is 6.07. The molecule has 0 aliphatic heterocycles. The van der Waals surface area contributed by atoms with Crippen molar-refractivity contribution in [1.82, 2.24) is 4.90 Å². The topological polar surface area (TPSA) is 59.5 Å². The van der Waals surface area contributed by atoms with E-state index in [4.69, 9.17) is 10.2 Å². The Bertz CT molecular complexity index is 374. The summed E-state index contributed by atoms with van der Waals surface area (Å²) in [5, 5.41) is 0. The number of amides is 1. The van der Waals surface area contributed by atoms with E-state index in [0.717, 1.165) is 6.54 Å². The maximum atomic E-state index is 12.0. The Hall–Kier alpha value is -1.00. The Morgan fingerprint density at radius 1 is 1.59 bits per heavy atom. The summed E-state index contributed by atoms with van der Waals surface area (Å²) in [6.07, 6.45) is 5.28. The van der Waals surface area contributed by atoms with Crippen LogP contribution in [0.4, 0.5) is 0 Å². The minimum atomic E-state index is 0. The molecule has 0 aromatic carbocycles. The molecule has 0 saturated heterocycles. The van der Waals surface area contributed by atoms with E-state index < -0.39 is 0 Å². The van der Waals surface area contributed by atoms with Gasteiger partial charge in [0.15, 0.2) is 0 Å². The van der Waals surface area contributed by atoms with E-state index in [1.165, 1.54) is 25.5 Å². The number of furan rings is 1. The first kappa shape index (κ1) is 14.1. The fourth-order valence-corrected chi connectivity index (χ4v) is 1.97. The lowest BCUT2D eigenvalue weighted by Crippen LogP contribution is -2.34. The average molecular weight is 259 g/mol. The SMILES string of the molecule is CN(CC1CCC1)C(=O)c1coc(CN)c1.Cl. The zero-order valence-electron chi connectivity index (χ0n) is 10.0. The molecule has 1 fully saturated rings. The molecule has 17 heavy (non-hydrogen) atoms. The lowest BCUT2D eigenvalue weighted by Gasteiger charge is -2.29. The van der Waals surface area contributed by atoms with Crippen molar-refractivity contribution in [1.29, 1.82) is 0 Å². The Morgan fingerprint density at radius 2 is 2.29 bits per heavy atom. The minimum Gasteiger partial charge on any atom is -0.467 e. The molecule has 2 N–H and O–H groups in total. The standard InChI is InChI=1S/C12H18N2O2.ClH/c1-14(7-9-3-2-4-9)12(15)10-5-11(6-13)16-8-10;/h5,8-9H,2-4,6-7,13H2,1H3;1H. The highest BCUT2D eigenvalue weighted by Crippen LogP contribution is 2.27. The minimum absolute atomic E-state index is 0. The molecule has 1 heterocycles. The van der Waals surface area contributed by atoms with Gasteiger partial charge in [-0.1, -0.05) is 6.42 Å². The molecule has 1 aromatic heterocycles. The highest BCUT2D eigenvalue weighted by Gasteiger charge is 2.22. The summed E-state index contributed by atoms with van der Waals surface area (Å²) in [6.45, 7) is 1.18. The van der Waals surface area contributed by atoms with Crippen molar-refractivity contribution >= 4 is 18.3 Å². The van der Waals surface area contributed by atoms with Crippen molar-refractivity contribution in [2.24, 2.45) is 11.7 Å². The van der Waals surface area contributed by atoms with Gasteiger partial charge in [-0.3, -0.25) is 4.79 Å². The van der Waals surface area contributed by atoms with Crippen molar-refractivity contribution in [3.8, 4) is 0 Å². The van der Waals surface area contributed by atoms with Crippen molar-refractivity contribution in [3.63, 3.8) is 0 Å². The zero-order valence-corrected chi connectivity index (χ0v) is 10.8. The largest absolute Gasteiger partial charge is 0.467 e. The molecule has 5 heteroatoms. The van der Waals surface area contributed by atoms with E-state index in [1.807, 2.05) is 7.05 Å². The van der Waals surface area contributed by atoms with E-state index in [-0.39, 0.29) is 18.3 Å². The van der Waals surface area contributed by atoms with Crippen molar-refractivity contribution in [2.75, 3.05) is 13.6 Å². The molecule has 0 bridgehead atoms. The molecule has 1 saturated carbocycles. The fourth-order valence-electron chi connectivity index (χ4n) is 1.97. The summed E-state index contributed by atoms with van der Waals surface area (Å²) in [5.41, 5.74) is 6.03. The number of nitrogens with two attached hydrogens (primary N) is 1. The first-order chi connectivity index (χ1) is 7.70. The second-order valence-corrected chi connectivity index (χ2v) is 4.49. The predicted octanol–water partition coefficient (Wildman–Crippen LogP) is 2.03. The first-order valence-electron chi connectivity index (χ1n) is 5.73. The van der Waals surface area contributed by atoms with Crippen LogP contribution in [0, 0.1) is 5.92 Å². The van der Waals surface area contributed by atoms with Gasteiger partial charge in [-0.15, -0.1) is 12.4 Å². The molecule has 96 valence electrons. The lowest BCUT2D eigenvalue weighted by molar-refractivity contribution is 0.0744. The van der Waals surface area contributed by atoms with Crippen LogP contribution >= 0.6 is 12.4 Å². The first-order valence-corrected chi connectivity index (χ1v) is 5.73. The summed E-state index contributed by atoms with van der Waals surface area (Å²) >= 11 is 0. The normalized spacial score (nSPS) is 14.9. The number of nitrogens with zero attached hydrogens (tertiary/aromatic N) is 1. The van der Waals surface area contributed by atoms with Crippen LogP contribution in [-0.4, -0.2) is 24.4 Å². The number of hydrogen-bond donors (Lipinski definition) is 1. The molecule has 0 unspecified atom stereocenters. The Morgan fingerprint density at radius 3 is 2.76 bits per heavy atom. The van der Waals surface area contributed by atoms with Gasteiger partial charge in [-0.05, 0) is 24.8 Å². The van der Waals surface area contributed by atoms with Gasteiger partial charge in [0.2, 0.25) is 0 Å². The maximum Gasteiger partial charge on any atom is 0.256 e. The summed E-state index contributed by atoms with van der Waals surface area (Å²) in [7, 11) is 1.84. The van der Waals surface area contributed by atoms with Gasteiger partial charge in [0.1, 0.15) is 12.0 Å². The van der Waals surface area contributed by atoms with Gasteiger partial charge >= 0.3 is 0 Å². The van der Waals surface area contributed by atoms with Crippen LogP contribution < -0.4 is 5.73 Å². The van der Waals surface area contributed by atoms with E-state index in [2.05, 4.69) is 0 Å². The van der Waals surface area contributed by atoms with E-state index in [0.29, 0.717) is 23.8 Å². The van der Waals surface area contributed by atoms with Crippen molar-refractivity contribution < 1.29 is 9.21 Å². The molecule has 1 amide bonds. The monoisotopic (exact) mass is 258 g/mol. The maximum absolute atomic E-state index is 12.0. The number of halogens is 1. The van der Waals surface area contributed by atoms with Crippen LogP contribution in [0.2, 0.25) is 0 Å². The second-order valence-electron chi connectivity index (χ2n) is 4.49. The molecule has 0 radical (unpaired) electrons. The quantitative estimate of drug-likeness (QED) is 0.899. The van der Waals surface area contributed by atoms with Crippen LogP contribution in [0.15, 0.2) is 16.7 Å². The predicted molar refractivity (Wildman–Crippen MR) is 68.1 cm³/mol. The van der Waals surface area contributed by atoms with Gasteiger partial charge in [0, 0.05) is 13.6 Å². The smallest absolute Gasteiger partial charge is 0.256 e. The third-order valence-electron chi connectivity index (χ3n) is 3.21. The summed E-state index contributed by atoms with van der Waals surface area (Å²) in [6, 6.07) is 1.72. The van der Waals surface area contributed by atoms with E-state index in [9.17, 15) is 4.79 Å². The average Bonchev–Trinajstić information content (AvgIpc) is 2.70. The molecule has 0 atom stereocenters.